The molecule has 90 valence electrons. The Kier molecular flexibility index (Phi) is 2.76. The summed E-state index contributed by atoms with van der Waals surface area (Å²) in [5.41, 5.74) is 4.19. The van der Waals surface area contributed by atoms with E-state index in [2.05, 4.69) is 39.6 Å². The number of anilines is 1. The molecule has 3 rings (SSSR count). The number of benzene rings is 1. The number of halogens is 1. The molecule has 0 aliphatic carbocycles. The maximum atomic E-state index is 5.89. The van der Waals surface area contributed by atoms with Crippen molar-refractivity contribution >= 4 is 23.0 Å². The van der Waals surface area contributed by atoms with Crippen LogP contribution in [0.25, 0.3) is 5.70 Å². The normalized spacial score (nSPS) is 13.5. The maximum Gasteiger partial charge on any atom is 0.133 e. The predicted molar refractivity (Wildman–Crippen MR) is 73.6 cm³/mol. The minimum atomic E-state index is 0.439. The lowest BCUT2D eigenvalue weighted by molar-refractivity contribution is 0.993. The number of para-hydroxylation sites is 1. The van der Waals surface area contributed by atoms with Crippen LogP contribution in [0.15, 0.2) is 43.2 Å². The molecule has 0 fully saturated rings. The average molecular weight is 258 g/mol. The van der Waals surface area contributed by atoms with Crippen molar-refractivity contribution in [3.05, 3.63) is 59.6 Å². The SMILES string of the molecule is C=C(c1cc(Cl)ncn1)N1CCc2ccccc21. The molecule has 0 bridgehead atoms. The van der Waals surface area contributed by atoms with Crippen molar-refractivity contribution in [3.63, 3.8) is 0 Å². The molecule has 0 amide bonds. The van der Waals surface area contributed by atoms with Crippen LogP contribution in [0.2, 0.25) is 5.15 Å². The van der Waals surface area contributed by atoms with E-state index in [9.17, 15) is 0 Å². The fourth-order valence-electron chi connectivity index (χ4n) is 2.25. The minimum Gasteiger partial charge on any atom is -0.340 e. The lowest BCUT2D eigenvalue weighted by atomic mass is 10.2. The van der Waals surface area contributed by atoms with Gasteiger partial charge in [-0.25, -0.2) is 9.97 Å². The van der Waals surface area contributed by atoms with E-state index in [0.29, 0.717) is 5.15 Å². The minimum absolute atomic E-state index is 0.439. The van der Waals surface area contributed by atoms with Gasteiger partial charge in [0.05, 0.1) is 11.4 Å². The largest absolute Gasteiger partial charge is 0.340 e. The second kappa shape index (κ2) is 4.42. The smallest absolute Gasteiger partial charge is 0.133 e. The monoisotopic (exact) mass is 257 g/mol. The molecule has 1 aromatic heterocycles. The van der Waals surface area contributed by atoms with E-state index in [1.807, 2.05) is 6.07 Å². The molecule has 0 saturated heterocycles. The molecule has 1 aromatic carbocycles. The molecule has 2 aromatic rings. The van der Waals surface area contributed by atoms with Crippen molar-refractivity contribution in [1.82, 2.24) is 9.97 Å². The lowest BCUT2D eigenvalue weighted by Crippen LogP contribution is -2.18. The Hall–Kier alpha value is -1.87. The number of rotatable bonds is 2. The third kappa shape index (κ3) is 1.87. The molecule has 0 radical (unpaired) electrons. The highest BCUT2D eigenvalue weighted by molar-refractivity contribution is 6.29. The zero-order chi connectivity index (χ0) is 12.5. The molecule has 18 heavy (non-hydrogen) atoms. The van der Waals surface area contributed by atoms with Gasteiger partial charge >= 0.3 is 0 Å². The topological polar surface area (TPSA) is 29.0 Å². The Balaban J connectivity index is 1.96. The van der Waals surface area contributed by atoms with Crippen LogP contribution in [0.1, 0.15) is 11.3 Å². The van der Waals surface area contributed by atoms with Gasteiger partial charge in [-0.05, 0) is 18.1 Å². The third-order valence-electron chi connectivity index (χ3n) is 3.14. The van der Waals surface area contributed by atoms with Gasteiger partial charge in [0, 0.05) is 18.3 Å². The summed E-state index contributed by atoms with van der Waals surface area (Å²) in [4.78, 5) is 10.3. The quantitative estimate of drug-likeness (QED) is 0.774. The third-order valence-corrected chi connectivity index (χ3v) is 3.35. The van der Waals surface area contributed by atoms with Crippen LogP contribution in [0.5, 0.6) is 0 Å². The first-order chi connectivity index (χ1) is 8.75. The van der Waals surface area contributed by atoms with E-state index in [1.54, 1.807) is 6.07 Å². The molecule has 0 saturated carbocycles. The Bertz CT molecular complexity index is 609. The summed E-state index contributed by atoms with van der Waals surface area (Å²) in [6.07, 6.45) is 2.50. The van der Waals surface area contributed by atoms with Crippen molar-refractivity contribution < 1.29 is 0 Å². The van der Waals surface area contributed by atoms with Gasteiger partial charge in [-0.1, -0.05) is 36.4 Å². The summed E-state index contributed by atoms with van der Waals surface area (Å²) < 4.78 is 0. The molecular weight excluding hydrogens is 246 g/mol. The molecule has 0 atom stereocenters. The van der Waals surface area contributed by atoms with Gasteiger partial charge in [-0.3, -0.25) is 0 Å². The van der Waals surface area contributed by atoms with Gasteiger partial charge in [-0.2, -0.15) is 0 Å². The molecule has 1 aliphatic heterocycles. The Labute approximate surface area is 111 Å². The van der Waals surface area contributed by atoms with Crippen molar-refractivity contribution in [1.29, 1.82) is 0 Å². The highest BCUT2D eigenvalue weighted by Gasteiger charge is 2.21. The van der Waals surface area contributed by atoms with Crippen molar-refractivity contribution in [3.8, 4) is 0 Å². The van der Waals surface area contributed by atoms with Gasteiger partial charge in [0.1, 0.15) is 11.5 Å². The van der Waals surface area contributed by atoms with Crippen LogP contribution < -0.4 is 4.90 Å². The fourth-order valence-corrected chi connectivity index (χ4v) is 2.40. The van der Waals surface area contributed by atoms with E-state index < -0.39 is 0 Å². The summed E-state index contributed by atoms with van der Waals surface area (Å²) in [6, 6.07) is 10.1. The maximum absolute atomic E-state index is 5.89. The Morgan fingerprint density at radius 3 is 2.94 bits per heavy atom. The lowest BCUT2D eigenvalue weighted by Gasteiger charge is -2.21. The molecule has 0 spiro atoms. The highest BCUT2D eigenvalue weighted by atomic mass is 35.5. The van der Waals surface area contributed by atoms with Crippen molar-refractivity contribution in [2.75, 3.05) is 11.4 Å². The predicted octanol–water partition coefficient (Wildman–Crippen LogP) is 3.16. The first-order valence-corrected chi connectivity index (χ1v) is 6.16. The summed E-state index contributed by atoms with van der Waals surface area (Å²) in [6.45, 7) is 5.05. The van der Waals surface area contributed by atoms with E-state index >= 15 is 0 Å². The van der Waals surface area contributed by atoms with E-state index in [4.69, 9.17) is 11.6 Å². The van der Waals surface area contributed by atoms with Crippen LogP contribution in [0.4, 0.5) is 5.69 Å². The zero-order valence-electron chi connectivity index (χ0n) is 9.81. The van der Waals surface area contributed by atoms with Crippen LogP contribution >= 0.6 is 11.6 Å². The standard InChI is InChI=1S/C14H12ClN3/c1-10(12-8-14(15)17-9-16-12)18-7-6-11-4-2-3-5-13(11)18/h2-5,8-9H,1,6-7H2. The van der Waals surface area contributed by atoms with Crippen molar-refractivity contribution in [2.24, 2.45) is 0 Å². The summed E-state index contributed by atoms with van der Waals surface area (Å²) in [7, 11) is 0. The zero-order valence-corrected chi connectivity index (χ0v) is 10.6. The summed E-state index contributed by atoms with van der Waals surface area (Å²) in [5.74, 6) is 0. The molecule has 2 heterocycles. The van der Waals surface area contributed by atoms with Crippen LogP contribution in [-0.2, 0) is 6.42 Å². The molecule has 0 unspecified atom stereocenters. The van der Waals surface area contributed by atoms with Gasteiger partial charge in [0.2, 0.25) is 0 Å². The van der Waals surface area contributed by atoms with Crippen molar-refractivity contribution in [2.45, 2.75) is 6.42 Å². The van der Waals surface area contributed by atoms with Gasteiger partial charge in [0.25, 0.3) is 0 Å². The van der Waals surface area contributed by atoms with E-state index in [-0.39, 0.29) is 0 Å². The Morgan fingerprint density at radius 2 is 2.11 bits per heavy atom. The van der Waals surface area contributed by atoms with Crippen LogP contribution in [0, 0.1) is 0 Å². The van der Waals surface area contributed by atoms with E-state index in [0.717, 1.165) is 24.4 Å². The molecular formula is C14H12ClN3. The fraction of sp³-hybridized carbons (Fsp3) is 0.143. The number of hydrogen-bond donors (Lipinski definition) is 0. The molecule has 0 N–H and O–H groups in total. The second-order valence-corrected chi connectivity index (χ2v) is 4.59. The molecule has 1 aliphatic rings. The van der Waals surface area contributed by atoms with Crippen LogP contribution in [-0.4, -0.2) is 16.5 Å². The molecule has 4 heteroatoms. The first kappa shape index (κ1) is 11.2. The van der Waals surface area contributed by atoms with Gasteiger partial charge in [-0.15, -0.1) is 0 Å². The number of hydrogen-bond acceptors (Lipinski definition) is 3. The number of fused-ring (bicyclic) bond motifs is 1. The summed E-state index contributed by atoms with van der Waals surface area (Å²) >= 11 is 5.89. The number of aromatic nitrogens is 2. The van der Waals surface area contributed by atoms with E-state index in [1.165, 1.54) is 17.6 Å². The first-order valence-electron chi connectivity index (χ1n) is 5.78. The Morgan fingerprint density at radius 1 is 1.28 bits per heavy atom. The summed E-state index contributed by atoms with van der Waals surface area (Å²) in [5, 5.41) is 0.439. The van der Waals surface area contributed by atoms with Crippen LogP contribution in [0.3, 0.4) is 0 Å². The van der Waals surface area contributed by atoms with Gasteiger partial charge in [0.15, 0.2) is 0 Å². The van der Waals surface area contributed by atoms with Gasteiger partial charge < -0.3 is 4.90 Å². The average Bonchev–Trinajstić information content (AvgIpc) is 2.82. The second-order valence-electron chi connectivity index (χ2n) is 4.20. The molecule has 3 nitrogen and oxygen atoms in total. The highest BCUT2D eigenvalue weighted by Crippen LogP contribution is 2.33. The number of nitrogens with zero attached hydrogens (tertiary/aromatic N) is 3.